The SMILES string of the molecule is Cc1cc2ccccc2n1CC(=O)N1CCC[C@@H](c2cc(C(F)(F)F)n3ncnc3n2)C1. The molecule has 3 aromatic heterocycles. The molecule has 0 saturated carbocycles. The molecule has 7 nitrogen and oxygen atoms in total. The first-order chi connectivity index (χ1) is 15.3. The minimum absolute atomic E-state index is 0.0567. The molecule has 0 radical (unpaired) electrons. The van der Waals surface area contributed by atoms with Crippen LogP contribution in [0.5, 0.6) is 0 Å². The van der Waals surface area contributed by atoms with Gasteiger partial charge in [0.25, 0.3) is 5.78 Å². The minimum Gasteiger partial charge on any atom is -0.340 e. The van der Waals surface area contributed by atoms with Crippen LogP contribution in [-0.4, -0.2) is 48.0 Å². The number of fused-ring (bicyclic) bond motifs is 2. The van der Waals surface area contributed by atoms with Crippen molar-refractivity contribution in [3.05, 3.63) is 59.8 Å². The predicted molar refractivity (Wildman–Crippen MR) is 111 cm³/mol. The molecule has 0 N–H and O–H groups in total. The largest absolute Gasteiger partial charge is 0.433 e. The number of benzene rings is 1. The number of halogens is 3. The molecule has 0 unspecified atom stereocenters. The molecular formula is C22H21F3N6O. The van der Waals surface area contributed by atoms with Crippen LogP contribution in [-0.2, 0) is 17.5 Å². The van der Waals surface area contributed by atoms with Gasteiger partial charge in [0.1, 0.15) is 12.9 Å². The summed E-state index contributed by atoms with van der Waals surface area (Å²) in [6.45, 7) is 3.05. The van der Waals surface area contributed by atoms with E-state index in [4.69, 9.17) is 0 Å². The number of alkyl halides is 3. The van der Waals surface area contributed by atoms with Crippen LogP contribution in [0.4, 0.5) is 13.2 Å². The van der Waals surface area contributed by atoms with E-state index in [1.165, 1.54) is 0 Å². The Labute approximate surface area is 181 Å². The van der Waals surface area contributed by atoms with Crippen molar-refractivity contribution in [3.8, 4) is 0 Å². The second kappa shape index (κ2) is 7.61. The molecule has 32 heavy (non-hydrogen) atoms. The lowest BCUT2D eigenvalue weighted by Gasteiger charge is -2.33. The minimum atomic E-state index is -4.58. The Balaban J connectivity index is 1.40. The Bertz CT molecular complexity index is 1310. The average Bonchev–Trinajstić information content (AvgIpc) is 3.36. The molecule has 0 bridgehead atoms. The smallest absolute Gasteiger partial charge is 0.340 e. The van der Waals surface area contributed by atoms with E-state index >= 15 is 0 Å². The number of nitrogens with zero attached hydrogens (tertiary/aromatic N) is 6. The summed E-state index contributed by atoms with van der Waals surface area (Å²) in [5, 5.41) is 4.71. The lowest BCUT2D eigenvalue weighted by molar-refractivity contribution is -0.143. The Morgan fingerprint density at radius 2 is 2.03 bits per heavy atom. The van der Waals surface area contributed by atoms with Gasteiger partial charge in [-0.05, 0) is 43.4 Å². The number of carbonyl (C=O) groups excluding carboxylic acids is 1. The van der Waals surface area contributed by atoms with Crippen LogP contribution in [0.1, 0.15) is 35.8 Å². The summed E-state index contributed by atoms with van der Waals surface area (Å²) in [6.07, 6.45) is -2.17. The molecular weight excluding hydrogens is 421 g/mol. The third kappa shape index (κ3) is 3.59. The number of hydrogen-bond donors (Lipinski definition) is 0. The van der Waals surface area contributed by atoms with E-state index < -0.39 is 11.9 Å². The van der Waals surface area contributed by atoms with Crippen LogP contribution in [0.15, 0.2) is 42.7 Å². The highest BCUT2D eigenvalue weighted by Gasteiger charge is 2.36. The van der Waals surface area contributed by atoms with Crippen LogP contribution < -0.4 is 0 Å². The van der Waals surface area contributed by atoms with Crippen LogP contribution in [0.25, 0.3) is 16.7 Å². The first-order valence-electron chi connectivity index (χ1n) is 10.4. The number of piperidine rings is 1. The molecule has 1 saturated heterocycles. The fraction of sp³-hybridized carbons (Fsp3) is 0.364. The number of aryl methyl sites for hydroxylation is 1. The highest BCUT2D eigenvalue weighted by molar-refractivity contribution is 5.84. The molecule has 0 aliphatic carbocycles. The van der Waals surface area contributed by atoms with Gasteiger partial charge in [0.15, 0.2) is 5.69 Å². The van der Waals surface area contributed by atoms with Gasteiger partial charge < -0.3 is 9.47 Å². The third-order valence-corrected chi connectivity index (χ3v) is 6.07. The molecule has 1 fully saturated rings. The van der Waals surface area contributed by atoms with E-state index in [0.29, 0.717) is 30.4 Å². The van der Waals surface area contributed by atoms with Gasteiger partial charge in [-0.3, -0.25) is 4.79 Å². The lowest BCUT2D eigenvalue weighted by atomic mass is 9.94. The molecule has 1 aliphatic rings. The third-order valence-electron chi connectivity index (χ3n) is 6.07. The lowest BCUT2D eigenvalue weighted by Crippen LogP contribution is -2.41. The fourth-order valence-corrected chi connectivity index (χ4v) is 4.48. The molecule has 1 aliphatic heterocycles. The van der Waals surface area contributed by atoms with Gasteiger partial charge in [-0.2, -0.15) is 27.8 Å². The van der Waals surface area contributed by atoms with Crippen molar-refractivity contribution in [1.29, 1.82) is 0 Å². The number of rotatable bonds is 3. The average molecular weight is 442 g/mol. The summed E-state index contributed by atoms with van der Waals surface area (Å²) in [6, 6.07) is 10.9. The van der Waals surface area contributed by atoms with E-state index in [0.717, 1.165) is 29.0 Å². The van der Waals surface area contributed by atoms with Crippen molar-refractivity contribution in [1.82, 2.24) is 29.0 Å². The van der Waals surface area contributed by atoms with Gasteiger partial charge >= 0.3 is 6.18 Å². The van der Waals surface area contributed by atoms with Crippen molar-refractivity contribution in [2.24, 2.45) is 0 Å². The maximum Gasteiger partial charge on any atom is 0.433 e. The van der Waals surface area contributed by atoms with Crippen molar-refractivity contribution in [2.45, 2.75) is 38.4 Å². The number of hydrogen-bond acceptors (Lipinski definition) is 4. The Morgan fingerprint density at radius 3 is 2.84 bits per heavy atom. The summed E-state index contributed by atoms with van der Waals surface area (Å²) in [5.74, 6) is -0.440. The number of para-hydroxylation sites is 1. The number of aromatic nitrogens is 5. The predicted octanol–water partition coefficient (Wildman–Crippen LogP) is 3.81. The van der Waals surface area contributed by atoms with Crippen LogP contribution >= 0.6 is 0 Å². The summed E-state index contributed by atoms with van der Waals surface area (Å²) < 4.78 is 43.3. The van der Waals surface area contributed by atoms with Crippen molar-refractivity contribution < 1.29 is 18.0 Å². The summed E-state index contributed by atoms with van der Waals surface area (Å²) in [4.78, 5) is 23.0. The molecule has 166 valence electrons. The second-order valence-electron chi connectivity index (χ2n) is 8.15. The Morgan fingerprint density at radius 1 is 1.22 bits per heavy atom. The number of amides is 1. The number of likely N-dealkylation sites (tertiary alicyclic amines) is 1. The normalized spacial score (nSPS) is 17.4. The van der Waals surface area contributed by atoms with Crippen molar-refractivity contribution >= 4 is 22.6 Å². The number of carbonyl (C=O) groups is 1. The monoisotopic (exact) mass is 442 g/mol. The quantitative estimate of drug-likeness (QED) is 0.484. The van der Waals surface area contributed by atoms with Gasteiger partial charge in [0.2, 0.25) is 5.91 Å². The van der Waals surface area contributed by atoms with Gasteiger partial charge in [-0.1, -0.05) is 18.2 Å². The van der Waals surface area contributed by atoms with Crippen molar-refractivity contribution in [2.75, 3.05) is 13.1 Å². The highest BCUT2D eigenvalue weighted by atomic mass is 19.4. The zero-order chi connectivity index (χ0) is 22.5. The first-order valence-corrected chi connectivity index (χ1v) is 10.4. The van der Waals surface area contributed by atoms with E-state index in [1.54, 1.807) is 4.90 Å². The molecule has 10 heteroatoms. The van der Waals surface area contributed by atoms with E-state index in [9.17, 15) is 18.0 Å². The Kier molecular flexibility index (Phi) is 4.87. The zero-order valence-corrected chi connectivity index (χ0v) is 17.4. The second-order valence-corrected chi connectivity index (χ2v) is 8.15. The van der Waals surface area contributed by atoms with Gasteiger partial charge in [-0.15, -0.1) is 0 Å². The fourth-order valence-electron chi connectivity index (χ4n) is 4.48. The van der Waals surface area contributed by atoms with Crippen LogP contribution in [0.3, 0.4) is 0 Å². The van der Waals surface area contributed by atoms with E-state index in [-0.39, 0.29) is 29.8 Å². The molecule has 0 spiro atoms. The highest BCUT2D eigenvalue weighted by Crippen LogP contribution is 2.33. The van der Waals surface area contributed by atoms with E-state index in [1.807, 2.05) is 41.8 Å². The molecule has 1 amide bonds. The molecule has 4 heterocycles. The first kappa shape index (κ1) is 20.5. The van der Waals surface area contributed by atoms with Gasteiger partial charge in [0.05, 0.1) is 5.69 Å². The summed E-state index contributed by atoms with van der Waals surface area (Å²) in [5.41, 5.74) is 1.35. The van der Waals surface area contributed by atoms with Gasteiger partial charge in [0, 0.05) is 30.2 Å². The standard InChI is InChI=1S/C22H21F3N6O/c1-14-9-15-5-2-3-7-18(15)30(14)12-20(32)29-8-4-6-16(11-29)17-10-19(22(23,24)25)31-21(28-17)26-13-27-31/h2-3,5,7,9-10,13,16H,4,6,8,11-12H2,1H3/t16-/m1/s1. The summed E-state index contributed by atoms with van der Waals surface area (Å²) >= 11 is 0. The Hall–Kier alpha value is -3.43. The van der Waals surface area contributed by atoms with Gasteiger partial charge in [-0.25, -0.2) is 4.98 Å². The molecule has 4 aromatic rings. The molecule has 1 atom stereocenters. The van der Waals surface area contributed by atoms with E-state index in [2.05, 4.69) is 15.1 Å². The topological polar surface area (TPSA) is 68.3 Å². The molecule has 5 rings (SSSR count). The van der Waals surface area contributed by atoms with Crippen molar-refractivity contribution in [3.63, 3.8) is 0 Å². The summed E-state index contributed by atoms with van der Waals surface area (Å²) in [7, 11) is 0. The maximum absolute atomic E-state index is 13.5. The van der Waals surface area contributed by atoms with Crippen LogP contribution in [0, 0.1) is 6.92 Å². The van der Waals surface area contributed by atoms with Crippen LogP contribution in [0.2, 0.25) is 0 Å². The maximum atomic E-state index is 13.5. The zero-order valence-electron chi connectivity index (χ0n) is 17.4. The molecule has 1 aromatic carbocycles.